The topological polar surface area (TPSA) is 57.6 Å². The molecule has 1 heterocycles. The van der Waals surface area contributed by atoms with Crippen molar-refractivity contribution in [1.29, 1.82) is 0 Å². The van der Waals surface area contributed by atoms with E-state index in [0.717, 1.165) is 32.1 Å². The fraction of sp³-hybridized carbons (Fsp3) is 0.733. The Morgan fingerprint density at radius 1 is 1.05 bits per heavy atom. The molecule has 1 N–H and O–H groups in total. The molecule has 4 heteroatoms. The number of carbonyl (C=O) groups excluding carboxylic acids is 2. The van der Waals surface area contributed by atoms with Gasteiger partial charge in [0, 0.05) is 0 Å². The van der Waals surface area contributed by atoms with Crippen molar-refractivity contribution in [3.05, 3.63) is 12.2 Å². The highest BCUT2D eigenvalue weighted by Gasteiger charge is 2.54. The summed E-state index contributed by atoms with van der Waals surface area (Å²) in [5.74, 6) is -0.448. The zero-order valence-corrected chi connectivity index (χ0v) is 11.2. The lowest BCUT2D eigenvalue weighted by atomic mass is 9.81. The first-order chi connectivity index (χ1) is 9.19. The van der Waals surface area contributed by atoms with Crippen LogP contribution in [0.1, 0.15) is 44.9 Å². The maximum absolute atomic E-state index is 12.6. The van der Waals surface area contributed by atoms with Gasteiger partial charge in [0.05, 0.1) is 24.0 Å². The number of carbonyl (C=O) groups is 2. The first kappa shape index (κ1) is 12.9. The monoisotopic (exact) mass is 263 g/mol. The van der Waals surface area contributed by atoms with Crippen molar-refractivity contribution in [2.75, 3.05) is 6.61 Å². The Balaban J connectivity index is 1.92. The SMILES string of the molecule is O=C1[C@H]2CC=CC[C@H]2C(=O)N1C1(CO)CCCCC1. The maximum Gasteiger partial charge on any atom is 0.234 e. The number of rotatable bonds is 2. The summed E-state index contributed by atoms with van der Waals surface area (Å²) in [4.78, 5) is 26.6. The Kier molecular flexibility index (Phi) is 3.21. The van der Waals surface area contributed by atoms with Crippen LogP contribution in [0.5, 0.6) is 0 Å². The number of hydrogen-bond acceptors (Lipinski definition) is 3. The van der Waals surface area contributed by atoms with Gasteiger partial charge in [0.2, 0.25) is 11.8 Å². The quantitative estimate of drug-likeness (QED) is 0.608. The van der Waals surface area contributed by atoms with Crippen LogP contribution in [0, 0.1) is 11.8 Å². The molecule has 0 aromatic rings. The molecule has 2 aliphatic carbocycles. The van der Waals surface area contributed by atoms with Crippen LogP contribution in [-0.2, 0) is 9.59 Å². The Morgan fingerprint density at radius 2 is 1.58 bits per heavy atom. The van der Waals surface area contributed by atoms with Crippen LogP contribution in [-0.4, -0.2) is 34.0 Å². The summed E-state index contributed by atoms with van der Waals surface area (Å²) >= 11 is 0. The van der Waals surface area contributed by atoms with Crippen LogP contribution in [0.3, 0.4) is 0 Å². The molecule has 2 atom stereocenters. The Hall–Kier alpha value is -1.16. The number of hydrogen-bond donors (Lipinski definition) is 1. The standard InChI is InChI=1S/C15H21NO3/c17-10-15(8-4-1-5-9-15)16-13(18)11-6-2-3-7-12(11)14(16)19/h2-3,11-12,17H,1,4-10H2/t11-,12+. The largest absolute Gasteiger partial charge is 0.394 e. The van der Waals surface area contributed by atoms with Crippen LogP contribution in [0.4, 0.5) is 0 Å². The third-order valence-electron chi connectivity index (χ3n) is 5.06. The van der Waals surface area contributed by atoms with Crippen LogP contribution in [0.15, 0.2) is 12.2 Å². The van der Waals surface area contributed by atoms with Gasteiger partial charge in [-0.05, 0) is 25.7 Å². The van der Waals surface area contributed by atoms with E-state index in [0.29, 0.717) is 12.8 Å². The van der Waals surface area contributed by atoms with E-state index in [-0.39, 0.29) is 30.3 Å². The lowest BCUT2D eigenvalue weighted by Crippen LogP contribution is -2.55. The summed E-state index contributed by atoms with van der Waals surface area (Å²) in [6.07, 6.45) is 9.98. The Bertz CT molecular complexity index is 397. The summed E-state index contributed by atoms with van der Waals surface area (Å²) < 4.78 is 0. The highest BCUT2D eigenvalue weighted by Crippen LogP contribution is 2.43. The Labute approximate surface area is 113 Å². The van der Waals surface area contributed by atoms with E-state index >= 15 is 0 Å². The van der Waals surface area contributed by atoms with Gasteiger partial charge in [-0.25, -0.2) is 0 Å². The molecule has 0 aromatic heterocycles. The molecule has 19 heavy (non-hydrogen) atoms. The molecular formula is C15H21NO3. The molecule has 0 unspecified atom stereocenters. The number of fused-ring (bicyclic) bond motifs is 1. The average Bonchev–Trinajstić information content (AvgIpc) is 2.73. The van der Waals surface area contributed by atoms with Crippen molar-refractivity contribution in [2.24, 2.45) is 11.8 Å². The highest BCUT2D eigenvalue weighted by molar-refractivity contribution is 6.06. The predicted molar refractivity (Wildman–Crippen MR) is 70.1 cm³/mol. The van der Waals surface area contributed by atoms with Crippen LogP contribution < -0.4 is 0 Å². The molecule has 2 amide bonds. The smallest absolute Gasteiger partial charge is 0.234 e. The van der Waals surface area contributed by atoms with Gasteiger partial charge in [0.25, 0.3) is 0 Å². The van der Waals surface area contributed by atoms with E-state index in [4.69, 9.17) is 0 Å². The number of aliphatic hydroxyl groups excluding tert-OH is 1. The van der Waals surface area contributed by atoms with E-state index in [1.165, 1.54) is 4.90 Å². The minimum atomic E-state index is -0.607. The second-order valence-corrected chi connectivity index (χ2v) is 6.11. The van der Waals surface area contributed by atoms with Gasteiger partial charge in [-0.15, -0.1) is 0 Å². The van der Waals surface area contributed by atoms with Gasteiger partial charge in [-0.1, -0.05) is 31.4 Å². The number of aliphatic hydroxyl groups is 1. The molecule has 1 saturated carbocycles. The van der Waals surface area contributed by atoms with E-state index in [1.54, 1.807) is 0 Å². The molecular weight excluding hydrogens is 242 g/mol. The second kappa shape index (κ2) is 4.75. The number of nitrogens with zero attached hydrogens (tertiary/aromatic N) is 1. The summed E-state index contributed by atoms with van der Waals surface area (Å²) in [7, 11) is 0. The zero-order chi connectivity index (χ0) is 13.5. The number of amides is 2. The third kappa shape index (κ3) is 1.84. The van der Waals surface area contributed by atoms with Crippen molar-refractivity contribution in [2.45, 2.75) is 50.5 Å². The summed E-state index contributed by atoms with van der Waals surface area (Å²) in [5.41, 5.74) is -0.607. The van der Waals surface area contributed by atoms with E-state index in [9.17, 15) is 14.7 Å². The lowest BCUT2D eigenvalue weighted by Gasteiger charge is -2.42. The van der Waals surface area contributed by atoms with E-state index in [2.05, 4.69) is 0 Å². The van der Waals surface area contributed by atoms with Crippen molar-refractivity contribution in [3.63, 3.8) is 0 Å². The molecule has 2 fully saturated rings. The van der Waals surface area contributed by atoms with Gasteiger partial charge in [0.1, 0.15) is 0 Å². The van der Waals surface area contributed by atoms with Crippen molar-refractivity contribution < 1.29 is 14.7 Å². The molecule has 104 valence electrons. The molecule has 1 aliphatic heterocycles. The normalized spacial score (nSPS) is 33.6. The summed E-state index contributed by atoms with van der Waals surface area (Å²) in [6, 6.07) is 0. The summed E-state index contributed by atoms with van der Waals surface area (Å²) in [5, 5.41) is 9.81. The van der Waals surface area contributed by atoms with E-state index in [1.807, 2.05) is 12.2 Å². The first-order valence-electron chi connectivity index (χ1n) is 7.33. The molecule has 4 nitrogen and oxygen atoms in total. The summed E-state index contributed by atoms with van der Waals surface area (Å²) in [6.45, 7) is -0.0860. The van der Waals surface area contributed by atoms with Crippen LogP contribution in [0.2, 0.25) is 0 Å². The van der Waals surface area contributed by atoms with Gasteiger partial charge >= 0.3 is 0 Å². The van der Waals surface area contributed by atoms with Crippen LogP contribution >= 0.6 is 0 Å². The molecule has 0 aromatic carbocycles. The lowest BCUT2D eigenvalue weighted by molar-refractivity contribution is -0.151. The Morgan fingerprint density at radius 3 is 2.05 bits per heavy atom. The first-order valence-corrected chi connectivity index (χ1v) is 7.33. The minimum Gasteiger partial charge on any atom is -0.394 e. The predicted octanol–water partition coefficient (Wildman–Crippen LogP) is 1.63. The fourth-order valence-electron chi connectivity index (χ4n) is 3.93. The minimum absolute atomic E-state index is 0.0460. The molecule has 1 saturated heterocycles. The van der Waals surface area contributed by atoms with Gasteiger partial charge < -0.3 is 5.11 Å². The van der Waals surface area contributed by atoms with Gasteiger partial charge in [-0.2, -0.15) is 0 Å². The molecule has 3 aliphatic rings. The van der Waals surface area contributed by atoms with Gasteiger partial charge in [0.15, 0.2) is 0 Å². The number of likely N-dealkylation sites (tertiary alicyclic amines) is 1. The fourth-order valence-corrected chi connectivity index (χ4v) is 3.93. The van der Waals surface area contributed by atoms with Crippen molar-refractivity contribution in [1.82, 2.24) is 4.90 Å². The number of imide groups is 1. The maximum atomic E-state index is 12.6. The van der Waals surface area contributed by atoms with Crippen LogP contribution in [0.25, 0.3) is 0 Å². The zero-order valence-electron chi connectivity index (χ0n) is 11.2. The van der Waals surface area contributed by atoms with E-state index < -0.39 is 5.54 Å². The highest BCUT2D eigenvalue weighted by atomic mass is 16.3. The number of allylic oxidation sites excluding steroid dienone is 2. The molecule has 3 rings (SSSR count). The van der Waals surface area contributed by atoms with Crippen molar-refractivity contribution in [3.8, 4) is 0 Å². The third-order valence-corrected chi connectivity index (χ3v) is 5.06. The average molecular weight is 263 g/mol. The van der Waals surface area contributed by atoms with Gasteiger partial charge in [-0.3, -0.25) is 14.5 Å². The van der Waals surface area contributed by atoms with Crippen molar-refractivity contribution >= 4 is 11.8 Å². The molecule has 0 spiro atoms. The molecule has 0 radical (unpaired) electrons. The molecule has 0 bridgehead atoms. The second-order valence-electron chi connectivity index (χ2n) is 6.11.